The summed E-state index contributed by atoms with van der Waals surface area (Å²) in [6.45, 7) is 1.11. The smallest absolute Gasteiger partial charge is 0.240 e. The Labute approximate surface area is 126 Å². The number of nitrogens with zero attached hydrogens (tertiary/aromatic N) is 1. The van der Waals surface area contributed by atoms with Gasteiger partial charge in [0.2, 0.25) is 5.91 Å². The highest BCUT2D eigenvalue weighted by molar-refractivity contribution is 5.85. The fourth-order valence-corrected chi connectivity index (χ4v) is 2.69. The quantitative estimate of drug-likeness (QED) is 0.818. The lowest BCUT2D eigenvalue weighted by Crippen LogP contribution is -2.42. The van der Waals surface area contributed by atoms with Crippen LogP contribution in [0.2, 0.25) is 0 Å². The summed E-state index contributed by atoms with van der Waals surface area (Å²) in [5.74, 6) is 0.731. The van der Waals surface area contributed by atoms with Crippen molar-refractivity contribution in [3.8, 4) is 11.8 Å². The van der Waals surface area contributed by atoms with Crippen LogP contribution in [0, 0.1) is 16.7 Å². The molecule has 0 unspecified atom stereocenters. The normalized spacial score (nSPS) is 16.7. The highest BCUT2D eigenvalue weighted by Crippen LogP contribution is 2.35. The fourth-order valence-electron chi connectivity index (χ4n) is 2.69. The summed E-state index contributed by atoms with van der Waals surface area (Å²) >= 11 is 0. The van der Waals surface area contributed by atoms with Crippen molar-refractivity contribution in [2.75, 3.05) is 13.2 Å². The Morgan fingerprint density at radius 2 is 1.95 bits per heavy atom. The lowest BCUT2D eigenvalue weighted by atomic mass is 9.74. The van der Waals surface area contributed by atoms with Gasteiger partial charge in [-0.3, -0.25) is 4.79 Å². The van der Waals surface area contributed by atoms with Crippen molar-refractivity contribution in [3.05, 3.63) is 30.3 Å². The largest absolute Gasteiger partial charge is 0.494 e. The van der Waals surface area contributed by atoms with E-state index in [2.05, 4.69) is 11.4 Å². The molecule has 0 saturated heterocycles. The Kier molecular flexibility index (Phi) is 5.62. The van der Waals surface area contributed by atoms with Gasteiger partial charge in [-0.1, -0.05) is 37.5 Å². The standard InChI is InChI=1S/C17H22N2O2/c18-14-17(10-5-2-6-11-17)16(20)19-12-7-13-21-15-8-3-1-4-9-15/h1,3-4,8-9H,2,5-7,10-13H2,(H,19,20). The van der Waals surface area contributed by atoms with Gasteiger partial charge in [-0.2, -0.15) is 5.26 Å². The molecule has 0 aliphatic heterocycles. The molecule has 1 N–H and O–H groups in total. The van der Waals surface area contributed by atoms with Gasteiger partial charge in [-0.05, 0) is 31.4 Å². The Balaban J connectivity index is 1.68. The van der Waals surface area contributed by atoms with Crippen LogP contribution >= 0.6 is 0 Å². The van der Waals surface area contributed by atoms with Crippen molar-refractivity contribution in [1.82, 2.24) is 5.32 Å². The van der Waals surface area contributed by atoms with Crippen molar-refractivity contribution >= 4 is 5.91 Å². The second kappa shape index (κ2) is 7.68. The van der Waals surface area contributed by atoms with E-state index in [0.717, 1.165) is 31.4 Å². The van der Waals surface area contributed by atoms with E-state index in [4.69, 9.17) is 4.74 Å². The summed E-state index contributed by atoms with van der Waals surface area (Å²) in [6.07, 6.45) is 5.19. The maximum Gasteiger partial charge on any atom is 0.240 e. The molecule has 1 aliphatic rings. The molecule has 0 aromatic heterocycles. The molecule has 4 heteroatoms. The van der Waals surface area contributed by atoms with Crippen molar-refractivity contribution < 1.29 is 9.53 Å². The van der Waals surface area contributed by atoms with Gasteiger partial charge in [-0.15, -0.1) is 0 Å². The van der Waals surface area contributed by atoms with Crippen LogP contribution < -0.4 is 10.1 Å². The summed E-state index contributed by atoms with van der Waals surface area (Å²) in [6, 6.07) is 11.9. The van der Waals surface area contributed by atoms with Gasteiger partial charge >= 0.3 is 0 Å². The molecule has 1 aromatic rings. The average Bonchev–Trinajstić information content (AvgIpc) is 2.56. The maximum atomic E-state index is 12.2. The zero-order valence-corrected chi connectivity index (χ0v) is 12.3. The molecule has 0 spiro atoms. The minimum absolute atomic E-state index is 0.107. The number of carbonyl (C=O) groups is 1. The van der Waals surface area contributed by atoms with Crippen LogP contribution in [0.5, 0.6) is 5.75 Å². The van der Waals surface area contributed by atoms with Gasteiger partial charge in [0.05, 0.1) is 12.7 Å². The Morgan fingerprint density at radius 1 is 1.24 bits per heavy atom. The number of amides is 1. The molecule has 1 aliphatic carbocycles. The molecule has 1 amide bonds. The zero-order chi connectivity index (χ0) is 15.0. The van der Waals surface area contributed by atoms with Crippen molar-refractivity contribution in [1.29, 1.82) is 5.26 Å². The monoisotopic (exact) mass is 286 g/mol. The number of nitrogens with one attached hydrogen (secondary N) is 1. The fraction of sp³-hybridized carbons (Fsp3) is 0.529. The molecule has 1 saturated carbocycles. The number of nitriles is 1. The van der Waals surface area contributed by atoms with E-state index in [-0.39, 0.29) is 5.91 Å². The molecule has 2 rings (SSSR count). The minimum Gasteiger partial charge on any atom is -0.494 e. The Hall–Kier alpha value is -2.02. The molecule has 0 bridgehead atoms. The first-order chi connectivity index (χ1) is 10.3. The number of benzene rings is 1. The van der Waals surface area contributed by atoms with E-state index < -0.39 is 5.41 Å². The van der Waals surface area contributed by atoms with Crippen LogP contribution in [-0.4, -0.2) is 19.1 Å². The highest BCUT2D eigenvalue weighted by Gasteiger charge is 2.39. The Bertz CT molecular complexity index is 487. The molecule has 0 atom stereocenters. The third-order valence-corrected chi connectivity index (χ3v) is 3.97. The van der Waals surface area contributed by atoms with Gasteiger partial charge in [0.15, 0.2) is 0 Å². The van der Waals surface area contributed by atoms with E-state index in [1.807, 2.05) is 30.3 Å². The van der Waals surface area contributed by atoms with E-state index in [9.17, 15) is 10.1 Å². The van der Waals surface area contributed by atoms with Gasteiger partial charge in [-0.25, -0.2) is 0 Å². The summed E-state index contributed by atoms with van der Waals surface area (Å²) in [5.41, 5.74) is -0.793. The van der Waals surface area contributed by atoms with Crippen molar-refractivity contribution in [2.45, 2.75) is 38.5 Å². The van der Waals surface area contributed by atoms with Gasteiger partial charge in [0.25, 0.3) is 0 Å². The van der Waals surface area contributed by atoms with E-state index in [1.165, 1.54) is 0 Å². The van der Waals surface area contributed by atoms with Gasteiger partial charge in [0, 0.05) is 6.54 Å². The Morgan fingerprint density at radius 3 is 2.62 bits per heavy atom. The van der Waals surface area contributed by atoms with Crippen LogP contribution in [-0.2, 0) is 4.79 Å². The van der Waals surface area contributed by atoms with Crippen LogP contribution in [0.15, 0.2) is 30.3 Å². The van der Waals surface area contributed by atoms with Crippen LogP contribution in [0.3, 0.4) is 0 Å². The molecule has 112 valence electrons. The van der Waals surface area contributed by atoms with Crippen LogP contribution in [0.1, 0.15) is 38.5 Å². The van der Waals surface area contributed by atoms with E-state index in [1.54, 1.807) is 0 Å². The number of carbonyl (C=O) groups excluding carboxylic acids is 1. The predicted molar refractivity (Wildman–Crippen MR) is 80.7 cm³/mol. The lowest BCUT2D eigenvalue weighted by Gasteiger charge is -2.29. The number of hydrogen-bond acceptors (Lipinski definition) is 3. The van der Waals surface area contributed by atoms with E-state index in [0.29, 0.717) is 26.0 Å². The number of rotatable bonds is 6. The van der Waals surface area contributed by atoms with Crippen LogP contribution in [0.4, 0.5) is 0 Å². The topological polar surface area (TPSA) is 62.1 Å². The number of ether oxygens (including phenoxy) is 1. The third-order valence-electron chi connectivity index (χ3n) is 3.97. The molecule has 1 fully saturated rings. The van der Waals surface area contributed by atoms with Gasteiger partial charge < -0.3 is 10.1 Å². The number of hydrogen-bond donors (Lipinski definition) is 1. The van der Waals surface area contributed by atoms with Gasteiger partial charge in [0.1, 0.15) is 11.2 Å². The second-order valence-electron chi connectivity index (χ2n) is 5.53. The first-order valence-electron chi connectivity index (χ1n) is 7.64. The molecule has 1 aromatic carbocycles. The number of para-hydroxylation sites is 1. The van der Waals surface area contributed by atoms with E-state index >= 15 is 0 Å². The summed E-state index contributed by atoms with van der Waals surface area (Å²) in [4.78, 5) is 12.2. The lowest BCUT2D eigenvalue weighted by molar-refractivity contribution is -0.129. The summed E-state index contributed by atoms with van der Waals surface area (Å²) in [7, 11) is 0. The zero-order valence-electron chi connectivity index (χ0n) is 12.3. The summed E-state index contributed by atoms with van der Waals surface area (Å²) in [5, 5.41) is 12.2. The SMILES string of the molecule is N#CC1(C(=O)NCCCOc2ccccc2)CCCCC1. The molecular formula is C17H22N2O2. The second-order valence-corrected chi connectivity index (χ2v) is 5.53. The molecule has 0 radical (unpaired) electrons. The third kappa shape index (κ3) is 4.22. The van der Waals surface area contributed by atoms with Crippen molar-refractivity contribution in [2.24, 2.45) is 5.41 Å². The molecule has 0 heterocycles. The van der Waals surface area contributed by atoms with Crippen LogP contribution in [0.25, 0.3) is 0 Å². The van der Waals surface area contributed by atoms with Crippen molar-refractivity contribution in [3.63, 3.8) is 0 Å². The first-order valence-corrected chi connectivity index (χ1v) is 7.64. The molecule has 21 heavy (non-hydrogen) atoms. The maximum absolute atomic E-state index is 12.2. The molecule has 4 nitrogen and oxygen atoms in total. The molecular weight excluding hydrogens is 264 g/mol. The highest BCUT2D eigenvalue weighted by atomic mass is 16.5. The minimum atomic E-state index is -0.793. The summed E-state index contributed by atoms with van der Waals surface area (Å²) < 4.78 is 5.57. The first kappa shape index (κ1) is 15.4. The average molecular weight is 286 g/mol. The predicted octanol–water partition coefficient (Wildman–Crippen LogP) is 3.05.